The molecule has 0 fully saturated rings. The zero-order chi connectivity index (χ0) is 13.6. The van der Waals surface area contributed by atoms with E-state index in [9.17, 15) is 8.42 Å². The third-order valence-electron chi connectivity index (χ3n) is 2.49. The van der Waals surface area contributed by atoms with E-state index < -0.39 is 10.0 Å². The Morgan fingerprint density at radius 2 is 2.22 bits per heavy atom. The number of hydrogen-bond donors (Lipinski definition) is 1. The molecular weight excluding hydrogens is 252 g/mol. The van der Waals surface area contributed by atoms with E-state index in [0.29, 0.717) is 13.1 Å². The third kappa shape index (κ3) is 4.07. The summed E-state index contributed by atoms with van der Waals surface area (Å²) in [6, 6.07) is 4.59. The minimum Gasteiger partial charge on any atom is -0.305 e. The first-order chi connectivity index (χ1) is 8.49. The maximum absolute atomic E-state index is 11.8. The van der Waals surface area contributed by atoms with Gasteiger partial charge in [-0.3, -0.25) is 0 Å². The molecule has 0 aliphatic carbocycles. The molecule has 0 atom stereocenters. The van der Waals surface area contributed by atoms with Crippen LogP contribution in [0.2, 0.25) is 0 Å². The summed E-state index contributed by atoms with van der Waals surface area (Å²) in [5.41, 5.74) is 0.194. The maximum atomic E-state index is 11.8. The van der Waals surface area contributed by atoms with Crippen LogP contribution in [-0.4, -0.2) is 45.0 Å². The van der Waals surface area contributed by atoms with Gasteiger partial charge in [-0.1, -0.05) is 6.92 Å². The minimum absolute atomic E-state index is 0.0700. The highest BCUT2D eigenvalue weighted by Crippen LogP contribution is 2.06. The van der Waals surface area contributed by atoms with E-state index >= 15 is 0 Å². The van der Waals surface area contributed by atoms with Gasteiger partial charge in [0.25, 0.3) is 0 Å². The van der Waals surface area contributed by atoms with Crippen molar-refractivity contribution in [3.8, 4) is 6.07 Å². The van der Waals surface area contributed by atoms with Crippen LogP contribution in [0.3, 0.4) is 0 Å². The standard InChI is InChI=1S/C11H16N4O2S/c1-3-15(2)7-6-14-18(16,17)11-5-4-10(8-12)13-9-11/h4-5,9,14H,3,6-7H2,1-2H3. The van der Waals surface area contributed by atoms with Crippen LogP contribution in [-0.2, 0) is 10.0 Å². The first-order valence-corrected chi connectivity index (χ1v) is 7.02. The van der Waals surface area contributed by atoms with Gasteiger partial charge in [0.2, 0.25) is 10.0 Å². The highest BCUT2D eigenvalue weighted by molar-refractivity contribution is 7.89. The summed E-state index contributed by atoms with van der Waals surface area (Å²) >= 11 is 0. The lowest BCUT2D eigenvalue weighted by molar-refractivity contribution is 0.358. The van der Waals surface area contributed by atoms with Crippen molar-refractivity contribution in [2.45, 2.75) is 11.8 Å². The second-order valence-electron chi connectivity index (χ2n) is 3.78. The van der Waals surface area contributed by atoms with Gasteiger partial charge in [-0.25, -0.2) is 18.1 Å². The number of likely N-dealkylation sites (N-methyl/N-ethyl adjacent to an activating group) is 1. The topological polar surface area (TPSA) is 86.1 Å². The van der Waals surface area contributed by atoms with Gasteiger partial charge in [-0.2, -0.15) is 5.26 Å². The summed E-state index contributed by atoms with van der Waals surface area (Å²) in [6.07, 6.45) is 1.18. The Balaban J connectivity index is 2.66. The molecule has 7 heteroatoms. The van der Waals surface area contributed by atoms with Gasteiger partial charge < -0.3 is 4.90 Å². The molecule has 18 heavy (non-hydrogen) atoms. The number of nitriles is 1. The van der Waals surface area contributed by atoms with Crippen molar-refractivity contribution < 1.29 is 8.42 Å². The van der Waals surface area contributed by atoms with Gasteiger partial charge in [0.1, 0.15) is 16.7 Å². The number of rotatable bonds is 6. The smallest absolute Gasteiger partial charge is 0.242 e. The molecule has 1 aromatic heterocycles. The SMILES string of the molecule is CCN(C)CCNS(=O)(=O)c1ccc(C#N)nc1. The van der Waals surface area contributed by atoms with Crippen LogP contribution in [0.15, 0.2) is 23.2 Å². The molecule has 0 aromatic carbocycles. The van der Waals surface area contributed by atoms with E-state index in [4.69, 9.17) is 5.26 Å². The van der Waals surface area contributed by atoms with Crippen molar-refractivity contribution >= 4 is 10.0 Å². The van der Waals surface area contributed by atoms with Crippen molar-refractivity contribution in [1.82, 2.24) is 14.6 Å². The van der Waals surface area contributed by atoms with E-state index in [2.05, 4.69) is 9.71 Å². The quantitative estimate of drug-likeness (QED) is 0.795. The molecule has 1 rings (SSSR count). The Morgan fingerprint density at radius 3 is 2.72 bits per heavy atom. The van der Waals surface area contributed by atoms with Crippen molar-refractivity contribution in [1.29, 1.82) is 5.26 Å². The molecule has 0 aliphatic heterocycles. The fourth-order valence-electron chi connectivity index (χ4n) is 1.22. The van der Waals surface area contributed by atoms with Crippen LogP contribution >= 0.6 is 0 Å². The fraction of sp³-hybridized carbons (Fsp3) is 0.455. The van der Waals surface area contributed by atoms with Crippen LogP contribution in [0.1, 0.15) is 12.6 Å². The van der Waals surface area contributed by atoms with Gasteiger partial charge in [-0.15, -0.1) is 0 Å². The lowest BCUT2D eigenvalue weighted by atomic mass is 10.4. The predicted molar refractivity (Wildman–Crippen MR) is 67.3 cm³/mol. The molecular formula is C11H16N4O2S. The summed E-state index contributed by atoms with van der Waals surface area (Å²) in [4.78, 5) is 5.80. The largest absolute Gasteiger partial charge is 0.305 e. The van der Waals surface area contributed by atoms with Crippen LogP contribution in [0, 0.1) is 11.3 Å². The maximum Gasteiger partial charge on any atom is 0.242 e. The molecule has 98 valence electrons. The van der Waals surface area contributed by atoms with Crippen molar-refractivity contribution in [2.24, 2.45) is 0 Å². The Bertz CT molecular complexity index is 519. The highest BCUT2D eigenvalue weighted by atomic mass is 32.2. The first-order valence-electron chi connectivity index (χ1n) is 5.54. The van der Waals surface area contributed by atoms with Gasteiger partial charge in [0, 0.05) is 19.3 Å². The minimum atomic E-state index is -3.54. The predicted octanol–water partition coefficient (Wildman–Crippen LogP) is 0.183. The average molecular weight is 268 g/mol. The van der Waals surface area contributed by atoms with E-state index in [1.54, 1.807) is 0 Å². The summed E-state index contributed by atoms with van der Waals surface area (Å²) in [5.74, 6) is 0. The number of nitrogens with zero attached hydrogens (tertiary/aromatic N) is 3. The summed E-state index contributed by atoms with van der Waals surface area (Å²) in [7, 11) is -1.62. The molecule has 0 bridgehead atoms. The van der Waals surface area contributed by atoms with Crippen LogP contribution in [0.25, 0.3) is 0 Å². The van der Waals surface area contributed by atoms with Gasteiger partial charge in [0.15, 0.2) is 0 Å². The lowest BCUT2D eigenvalue weighted by Crippen LogP contribution is -2.32. The van der Waals surface area contributed by atoms with Crippen molar-refractivity contribution in [3.05, 3.63) is 24.0 Å². The Kier molecular flexibility index (Phi) is 5.22. The van der Waals surface area contributed by atoms with Crippen LogP contribution < -0.4 is 4.72 Å². The Hall–Kier alpha value is -1.49. The molecule has 0 amide bonds. The molecule has 0 unspecified atom stereocenters. The normalized spacial score (nSPS) is 11.4. The third-order valence-corrected chi connectivity index (χ3v) is 3.93. The number of sulfonamides is 1. The zero-order valence-electron chi connectivity index (χ0n) is 10.4. The molecule has 0 saturated carbocycles. The molecule has 6 nitrogen and oxygen atoms in total. The molecule has 0 saturated heterocycles. The molecule has 1 N–H and O–H groups in total. The Morgan fingerprint density at radius 1 is 1.50 bits per heavy atom. The summed E-state index contributed by atoms with van der Waals surface area (Å²) in [6.45, 7) is 3.84. The van der Waals surface area contributed by atoms with Crippen LogP contribution in [0.4, 0.5) is 0 Å². The average Bonchev–Trinajstić information content (AvgIpc) is 2.38. The van der Waals surface area contributed by atoms with E-state index in [0.717, 1.165) is 6.54 Å². The highest BCUT2D eigenvalue weighted by Gasteiger charge is 2.13. The number of aromatic nitrogens is 1. The molecule has 0 aliphatic rings. The second-order valence-corrected chi connectivity index (χ2v) is 5.55. The van der Waals surface area contributed by atoms with E-state index in [1.165, 1.54) is 18.3 Å². The van der Waals surface area contributed by atoms with Gasteiger partial charge in [0.05, 0.1) is 0 Å². The van der Waals surface area contributed by atoms with E-state index in [1.807, 2.05) is 24.9 Å². The number of nitrogens with one attached hydrogen (secondary N) is 1. The molecule has 1 aromatic rings. The summed E-state index contributed by atoms with van der Waals surface area (Å²) < 4.78 is 26.2. The second kappa shape index (κ2) is 6.44. The van der Waals surface area contributed by atoms with Crippen molar-refractivity contribution in [3.63, 3.8) is 0 Å². The molecule has 1 heterocycles. The molecule has 0 spiro atoms. The van der Waals surface area contributed by atoms with Crippen molar-refractivity contribution in [2.75, 3.05) is 26.7 Å². The summed E-state index contributed by atoms with van der Waals surface area (Å²) in [5, 5.41) is 8.58. The fourth-order valence-corrected chi connectivity index (χ4v) is 2.18. The monoisotopic (exact) mass is 268 g/mol. The zero-order valence-corrected chi connectivity index (χ0v) is 11.2. The Labute approximate surface area is 107 Å². The number of pyridine rings is 1. The van der Waals surface area contributed by atoms with Crippen LogP contribution in [0.5, 0.6) is 0 Å². The van der Waals surface area contributed by atoms with Gasteiger partial charge in [-0.05, 0) is 25.7 Å². The van der Waals surface area contributed by atoms with E-state index in [-0.39, 0.29) is 10.6 Å². The molecule has 0 radical (unpaired) electrons. The number of hydrogen-bond acceptors (Lipinski definition) is 5. The first kappa shape index (κ1) is 14.6. The lowest BCUT2D eigenvalue weighted by Gasteiger charge is -2.14. The van der Waals surface area contributed by atoms with Gasteiger partial charge >= 0.3 is 0 Å².